The van der Waals surface area contributed by atoms with Crippen LogP contribution in [0.3, 0.4) is 0 Å². The van der Waals surface area contributed by atoms with Crippen LogP contribution < -0.4 is 0 Å². The van der Waals surface area contributed by atoms with Gasteiger partial charge in [-0.3, -0.25) is 4.55 Å². The predicted molar refractivity (Wildman–Crippen MR) is 65.0 cm³/mol. The number of rotatable bonds is 1. The zero-order valence-electron chi connectivity index (χ0n) is 8.63. The lowest BCUT2D eigenvalue weighted by molar-refractivity contribution is 0.484. The van der Waals surface area contributed by atoms with Crippen molar-refractivity contribution >= 4 is 20.9 Å². The third-order valence-corrected chi connectivity index (χ3v) is 2.94. The van der Waals surface area contributed by atoms with Gasteiger partial charge in [0, 0.05) is 5.39 Å². The Morgan fingerprint density at radius 1 is 0.938 bits per heavy atom. The Bertz CT molecular complexity index is 583. The van der Waals surface area contributed by atoms with Gasteiger partial charge in [0.1, 0.15) is 4.90 Å². The highest BCUT2D eigenvalue weighted by Crippen LogP contribution is 2.21. The molecule has 0 aliphatic carbocycles. The fourth-order valence-corrected chi connectivity index (χ4v) is 2.13. The summed E-state index contributed by atoms with van der Waals surface area (Å²) in [6.07, 6.45) is 0. The van der Waals surface area contributed by atoms with Gasteiger partial charge in [0.15, 0.2) is 0 Å². The Morgan fingerprint density at radius 3 is 2.12 bits per heavy atom. The zero-order chi connectivity index (χ0) is 12.2. The summed E-state index contributed by atoms with van der Waals surface area (Å²) in [5.41, 5.74) is 0. The number of hydrogen-bond donors (Lipinski definition) is 1. The summed E-state index contributed by atoms with van der Waals surface area (Å²) in [6.45, 7) is 6.00. The molecule has 0 saturated carbocycles. The van der Waals surface area contributed by atoms with Crippen molar-refractivity contribution in [2.24, 2.45) is 0 Å². The molecule has 0 heterocycles. The van der Waals surface area contributed by atoms with Crippen molar-refractivity contribution in [3.05, 3.63) is 55.6 Å². The standard InChI is InChI=1S/C10H8O3S.C2H4/c11-14(12,13)10-7-3-5-8-4-1-2-6-9(8)10;1-2/h1-7H,(H,11,12,13);1-2H2. The zero-order valence-corrected chi connectivity index (χ0v) is 9.44. The van der Waals surface area contributed by atoms with Crippen LogP contribution in [0.1, 0.15) is 0 Å². The molecule has 0 spiro atoms. The second-order valence-electron chi connectivity index (χ2n) is 2.95. The van der Waals surface area contributed by atoms with E-state index in [1.807, 2.05) is 6.07 Å². The average molecular weight is 236 g/mol. The van der Waals surface area contributed by atoms with E-state index in [1.165, 1.54) is 6.07 Å². The molecule has 2 aromatic carbocycles. The van der Waals surface area contributed by atoms with E-state index in [0.29, 0.717) is 5.39 Å². The van der Waals surface area contributed by atoms with Gasteiger partial charge in [0.25, 0.3) is 10.1 Å². The predicted octanol–water partition coefficient (Wildman–Crippen LogP) is 2.89. The van der Waals surface area contributed by atoms with Gasteiger partial charge in [-0.05, 0) is 11.5 Å². The molecule has 4 heteroatoms. The van der Waals surface area contributed by atoms with E-state index < -0.39 is 10.1 Å². The fraction of sp³-hybridized carbons (Fsp3) is 0. The lowest BCUT2D eigenvalue weighted by Gasteiger charge is -2.02. The molecule has 3 nitrogen and oxygen atoms in total. The smallest absolute Gasteiger partial charge is 0.282 e. The average Bonchev–Trinajstić information content (AvgIpc) is 2.30. The summed E-state index contributed by atoms with van der Waals surface area (Å²) in [6, 6.07) is 11.8. The maximum absolute atomic E-state index is 11.0. The van der Waals surface area contributed by atoms with Gasteiger partial charge in [-0.2, -0.15) is 8.42 Å². The molecule has 0 radical (unpaired) electrons. The highest BCUT2D eigenvalue weighted by molar-refractivity contribution is 7.86. The molecule has 84 valence electrons. The summed E-state index contributed by atoms with van der Waals surface area (Å²) in [5, 5.41) is 1.33. The summed E-state index contributed by atoms with van der Waals surface area (Å²) < 4.78 is 31.0. The number of benzene rings is 2. The topological polar surface area (TPSA) is 54.4 Å². The third kappa shape index (κ3) is 2.48. The fourth-order valence-electron chi connectivity index (χ4n) is 1.42. The SMILES string of the molecule is C=C.O=S(=O)(O)c1cccc2ccccc12. The van der Waals surface area contributed by atoms with Gasteiger partial charge in [-0.1, -0.05) is 36.4 Å². The first-order chi connectivity index (χ1) is 7.59. The second-order valence-corrected chi connectivity index (χ2v) is 4.34. The Balaban J connectivity index is 0.000000606. The van der Waals surface area contributed by atoms with Crippen molar-refractivity contribution < 1.29 is 13.0 Å². The van der Waals surface area contributed by atoms with Gasteiger partial charge >= 0.3 is 0 Å². The van der Waals surface area contributed by atoms with Crippen LogP contribution in [0.25, 0.3) is 10.8 Å². The van der Waals surface area contributed by atoms with Crippen molar-refractivity contribution in [2.75, 3.05) is 0 Å². The summed E-state index contributed by atoms with van der Waals surface area (Å²) in [4.78, 5) is -0.0457. The van der Waals surface area contributed by atoms with Crippen molar-refractivity contribution in [3.8, 4) is 0 Å². The van der Waals surface area contributed by atoms with E-state index in [-0.39, 0.29) is 4.90 Å². The van der Waals surface area contributed by atoms with Crippen molar-refractivity contribution in [2.45, 2.75) is 4.90 Å². The summed E-state index contributed by atoms with van der Waals surface area (Å²) in [7, 11) is -4.13. The highest BCUT2D eigenvalue weighted by atomic mass is 32.2. The van der Waals surface area contributed by atoms with Crippen LogP contribution in [0, 0.1) is 0 Å². The van der Waals surface area contributed by atoms with Gasteiger partial charge < -0.3 is 0 Å². The van der Waals surface area contributed by atoms with E-state index >= 15 is 0 Å². The van der Waals surface area contributed by atoms with Crippen LogP contribution in [0.2, 0.25) is 0 Å². The van der Waals surface area contributed by atoms with E-state index in [4.69, 9.17) is 4.55 Å². The number of fused-ring (bicyclic) bond motifs is 1. The second kappa shape index (κ2) is 4.92. The van der Waals surface area contributed by atoms with Crippen molar-refractivity contribution in [1.29, 1.82) is 0 Å². The maximum atomic E-state index is 11.0. The Kier molecular flexibility index (Phi) is 3.82. The van der Waals surface area contributed by atoms with E-state index in [0.717, 1.165) is 5.39 Å². The molecule has 0 saturated heterocycles. The van der Waals surface area contributed by atoms with Gasteiger partial charge in [-0.15, -0.1) is 13.2 Å². The van der Waals surface area contributed by atoms with E-state index in [2.05, 4.69) is 13.2 Å². The van der Waals surface area contributed by atoms with Crippen LogP contribution in [-0.4, -0.2) is 13.0 Å². The molecule has 0 fully saturated rings. The minimum atomic E-state index is -4.13. The molecule has 0 unspecified atom stereocenters. The molecule has 0 aliphatic rings. The van der Waals surface area contributed by atoms with Gasteiger partial charge in [-0.25, -0.2) is 0 Å². The first-order valence-corrected chi connectivity index (χ1v) is 5.98. The molecule has 0 atom stereocenters. The van der Waals surface area contributed by atoms with Crippen LogP contribution in [0.5, 0.6) is 0 Å². The maximum Gasteiger partial charge on any atom is 0.295 e. The molecule has 0 aliphatic heterocycles. The normalized spacial score (nSPS) is 10.6. The monoisotopic (exact) mass is 236 g/mol. The minimum Gasteiger partial charge on any atom is -0.282 e. The van der Waals surface area contributed by atoms with Gasteiger partial charge in [0.2, 0.25) is 0 Å². The Hall–Kier alpha value is -1.65. The lowest BCUT2D eigenvalue weighted by Crippen LogP contribution is -1.98. The highest BCUT2D eigenvalue weighted by Gasteiger charge is 2.12. The molecule has 16 heavy (non-hydrogen) atoms. The Labute approximate surface area is 94.8 Å². The first-order valence-electron chi connectivity index (χ1n) is 4.54. The minimum absolute atomic E-state index is 0.0457. The van der Waals surface area contributed by atoms with Crippen molar-refractivity contribution in [1.82, 2.24) is 0 Å². The van der Waals surface area contributed by atoms with Crippen molar-refractivity contribution in [3.63, 3.8) is 0 Å². The van der Waals surface area contributed by atoms with E-state index in [9.17, 15) is 8.42 Å². The first kappa shape index (κ1) is 12.4. The lowest BCUT2D eigenvalue weighted by atomic mass is 10.1. The molecular formula is C12H12O3S. The molecule has 0 bridgehead atoms. The van der Waals surface area contributed by atoms with Gasteiger partial charge in [0.05, 0.1) is 0 Å². The van der Waals surface area contributed by atoms with Crippen LogP contribution in [0.15, 0.2) is 60.5 Å². The van der Waals surface area contributed by atoms with Crippen LogP contribution >= 0.6 is 0 Å². The molecule has 2 aromatic rings. The largest absolute Gasteiger partial charge is 0.295 e. The third-order valence-electron chi connectivity index (χ3n) is 2.03. The number of hydrogen-bond acceptors (Lipinski definition) is 2. The Morgan fingerprint density at radius 2 is 1.50 bits per heavy atom. The molecular weight excluding hydrogens is 224 g/mol. The van der Waals surface area contributed by atoms with Crippen LogP contribution in [0.4, 0.5) is 0 Å². The molecule has 0 amide bonds. The summed E-state index contributed by atoms with van der Waals surface area (Å²) >= 11 is 0. The molecule has 0 aromatic heterocycles. The summed E-state index contributed by atoms with van der Waals surface area (Å²) in [5.74, 6) is 0. The quantitative estimate of drug-likeness (QED) is 0.612. The molecule has 1 N–H and O–H groups in total. The van der Waals surface area contributed by atoms with Crippen LogP contribution in [-0.2, 0) is 10.1 Å². The molecule has 2 rings (SSSR count). The van der Waals surface area contributed by atoms with E-state index in [1.54, 1.807) is 30.3 Å².